The molecule has 1 aromatic carbocycles. The van der Waals surface area contributed by atoms with E-state index in [2.05, 4.69) is 36.4 Å². The van der Waals surface area contributed by atoms with E-state index >= 15 is 0 Å². The number of ether oxygens (including phenoxy) is 1. The maximum absolute atomic E-state index is 13.3. The minimum Gasteiger partial charge on any atom is -0.447 e. The Morgan fingerprint density at radius 2 is 1.82 bits per heavy atom. The standard InChI is InChI=1S/C28H32ClIO4/c1-17(31)28(34-24(33)18-5-4-6-20(30)15-18)12-10-22-23-8-7-19-16-21(32)9-11-25(19,2)27(23,29)14-13-26(22,28)3/h4-6,15-16,22-23H,7-14H2,1-3H3/t22-,23-,25-,26-,27+,28-/m0/s1. The molecular formula is C28H32ClIO4. The molecular weight excluding hydrogens is 563 g/mol. The summed E-state index contributed by atoms with van der Waals surface area (Å²) in [6, 6.07) is 7.31. The first-order valence-corrected chi connectivity index (χ1v) is 13.9. The highest BCUT2D eigenvalue weighted by Crippen LogP contribution is 2.71. The van der Waals surface area contributed by atoms with E-state index in [9.17, 15) is 14.4 Å². The van der Waals surface area contributed by atoms with E-state index in [1.165, 1.54) is 5.57 Å². The van der Waals surface area contributed by atoms with Crippen molar-refractivity contribution >= 4 is 51.7 Å². The van der Waals surface area contributed by atoms with E-state index in [0.717, 1.165) is 42.1 Å². The summed E-state index contributed by atoms with van der Waals surface area (Å²) in [5, 5.41) is 0. The number of alkyl halides is 1. The predicted octanol–water partition coefficient (Wildman–Crippen LogP) is 6.67. The normalized spacial score (nSPS) is 41.1. The summed E-state index contributed by atoms with van der Waals surface area (Å²) in [6.45, 7) is 5.98. The van der Waals surface area contributed by atoms with Crippen LogP contribution in [0.1, 0.15) is 82.5 Å². The van der Waals surface area contributed by atoms with Gasteiger partial charge in [-0.25, -0.2) is 4.79 Å². The summed E-state index contributed by atoms with van der Waals surface area (Å²) >= 11 is 9.79. The van der Waals surface area contributed by atoms with Gasteiger partial charge in [-0.15, -0.1) is 11.6 Å². The Morgan fingerprint density at radius 1 is 1.06 bits per heavy atom. The fourth-order valence-electron chi connectivity index (χ4n) is 8.10. The zero-order valence-corrected chi connectivity index (χ0v) is 23.0. The van der Waals surface area contributed by atoms with Crippen LogP contribution in [0.2, 0.25) is 0 Å². The highest BCUT2D eigenvalue weighted by molar-refractivity contribution is 14.1. The molecule has 4 aliphatic carbocycles. The van der Waals surface area contributed by atoms with E-state index in [-0.39, 0.29) is 28.8 Å². The second kappa shape index (κ2) is 8.16. The topological polar surface area (TPSA) is 60.4 Å². The number of carbonyl (C=O) groups is 3. The van der Waals surface area contributed by atoms with Crippen LogP contribution in [0.4, 0.5) is 0 Å². The molecule has 0 radical (unpaired) electrons. The van der Waals surface area contributed by atoms with E-state index in [1.807, 2.05) is 18.2 Å². The lowest BCUT2D eigenvalue weighted by Gasteiger charge is -2.63. The lowest BCUT2D eigenvalue weighted by atomic mass is 9.45. The first-order valence-electron chi connectivity index (χ1n) is 12.4. The second-order valence-corrected chi connectivity index (χ2v) is 13.2. The second-order valence-electron chi connectivity index (χ2n) is 11.3. The fraction of sp³-hybridized carbons (Fsp3) is 0.607. The zero-order chi connectivity index (χ0) is 24.5. The molecule has 0 bridgehead atoms. The number of benzene rings is 1. The van der Waals surface area contributed by atoms with Gasteiger partial charge in [-0.1, -0.05) is 25.5 Å². The van der Waals surface area contributed by atoms with Gasteiger partial charge in [-0.3, -0.25) is 9.59 Å². The van der Waals surface area contributed by atoms with Crippen LogP contribution in [-0.2, 0) is 14.3 Å². The molecule has 0 aliphatic heterocycles. The van der Waals surface area contributed by atoms with Crippen LogP contribution in [0.25, 0.3) is 0 Å². The highest BCUT2D eigenvalue weighted by Gasteiger charge is 2.71. The molecule has 6 atom stereocenters. The van der Waals surface area contributed by atoms with Crippen LogP contribution in [0.3, 0.4) is 0 Å². The molecule has 4 nitrogen and oxygen atoms in total. The Bertz CT molecular complexity index is 1110. The fourth-order valence-corrected chi connectivity index (χ4v) is 9.21. The number of halogens is 2. The number of ketones is 2. The first kappa shape index (κ1) is 24.5. The number of rotatable bonds is 3. The molecule has 4 aliphatic rings. The molecule has 5 rings (SSSR count). The monoisotopic (exact) mass is 594 g/mol. The smallest absolute Gasteiger partial charge is 0.339 e. The van der Waals surface area contributed by atoms with Crippen molar-refractivity contribution in [1.82, 2.24) is 0 Å². The number of Topliss-reactive ketones (excluding diaryl/α,β-unsaturated/α-hetero) is 1. The number of hydrogen-bond donors (Lipinski definition) is 0. The third kappa shape index (κ3) is 3.24. The quantitative estimate of drug-likeness (QED) is 0.223. The molecule has 3 saturated carbocycles. The van der Waals surface area contributed by atoms with Crippen molar-refractivity contribution in [3.05, 3.63) is 45.0 Å². The van der Waals surface area contributed by atoms with Gasteiger partial charge in [-0.2, -0.15) is 0 Å². The molecule has 0 spiro atoms. The first-order chi connectivity index (χ1) is 16.0. The van der Waals surface area contributed by atoms with Crippen molar-refractivity contribution in [3.8, 4) is 0 Å². The Labute approximate surface area is 220 Å². The predicted molar refractivity (Wildman–Crippen MR) is 140 cm³/mol. The molecule has 6 heteroatoms. The molecule has 0 N–H and O–H groups in total. The molecule has 0 heterocycles. The van der Waals surface area contributed by atoms with Crippen molar-refractivity contribution in [2.75, 3.05) is 0 Å². The Kier molecular flexibility index (Phi) is 5.87. The Balaban J connectivity index is 1.50. The summed E-state index contributed by atoms with van der Waals surface area (Å²) in [5.41, 5.74) is -0.102. The highest BCUT2D eigenvalue weighted by atomic mass is 127. The lowest BCUT2D eigenvalue weighted by Crippen LogP contribution is -2.63. The minimum atomic E-state index is -1.13. The van der Waals surface area contributed by atoms with Gasteiger partial charge in [0.2, 0.25) is 0 Å². The van der Waals surface area contributed by atoms with E-state index in [0.29, 0.717) is 18.4 Å². The average Bonchev–Trinajstić information content (AvgIpc) is 3.08. The van der Waals surface area contributed by atoms with Crippen LogP contribution in [0, 0.1) is 26.2 Å². The maximum atomic E-state index is 13.3. The number of fused-ring (bicyclic) bond motifs is 5. The van der Waals surface area contributed by atoms with Gasteiger partial charge in [0.05, 0.1) is 10.4 Å². The van der Waals surface area contributed by atoms with E-state index < -0.39 is 21.9 Å². The Morgan fingerprint density at radius 3 is 2.53 bits per heavy atom. The average molecular weight is 595 g/mol. The van der Waals surface area contributed by atoms with Crippen LogP contribution >= 0.6 is 34.2 Å². The van der Waals surface area contributed by atoms with Crippen LogP contribution in [0.5, 0.6) is 0 Å². The molecule has 0 unspecified atom stereocenters. The summed E-state index contributed by atoms with van der Waals surface area (Å²) in [4.78, 5) is 38.2. The van der Waals surface area contributed by atoms with Gasteiger partial charge in [0.15, 0.2) is 17.2 Å². The van der Waals surface area contributed by atoms with Crippen LogP contribution in [-0.4, -0.2) is 28.0 Å². The van der Waals surface area contributed by atoms with Crippen molar-refractivity contribution in [1.29, 1.82) is 0 Å². The number of carbonyl (C=O) groups excluding carboxylic acids is 3. The van der Waals surface area contributed by atoms with E-state index in [1.54, 1.807) is 19.1 Å². The molecule has 0 amide bonds. The van der Waals surface area contributed by atoms with Gasteiger partial charge in [0, 0.05) is 20.8 Å². The van der Waals surface area contributed by atoms with Crippen LogP contribution < -0.4 is 0 Å². The molecule has 0 saturated heterocycles. The maximum Gasteiger partial charge on any atom is 0.339 e. The summed E-state index contributed by atoms with van der Waals surface area (Å²) < 4.78 is 7.19. The van der Waals surface area contributed by atoms with Crippen molar-refractivity contribution in [2.45, 2.75) is 82.6 Å². The van der Waals surface area contributed by atoms with Crippen molar-refractivity contribution < 1.29 is 19.1 Å². The molecule has 0 aromatic heterocycles. The summed E-state index contributed by atoms with van der Waals surface area (Å²) in [7, 11) is 0. The van der Waals surface area contributed by atoms with Gasteiger partial charge in [0.1, 0.15) is 0 Å². The van der Waals surface area contributed by atoms with Gasteiger partial charge >= 0.3 is 5.97 Å². The van der Waals surface area contributed by atoms with Crippen molar-refractivity contribution in [2.24, 2.45) is 22.7 Å². The third-order valence-corrected chi connectivity index (χ3v) is 11.6. The molecule has 3 fully saturated rings. The van der Waals surface area contributed by atoms with E-state index in [4.69, 9.17) is 16.3 Å². The largest absolute Gasteiger partial charge is 0.447 e. The van der Waals surface area contributed by atoms with Crippen molar-refractivity contribution in [3.63, 3.8) is 0 Å². The SMILES string of the molecule is CC(=O)[C@@]1(OC(=O)c2cccc(I)c2)CC[C@H]2[C@@H]3CCC4=CC(=O)CC[C@]4(C)[C@@]3(Cl)CC[C@@]21C. The lowest BCUT2D eigenvalue weighted by molar-refractivity contribution is -0.160. The summed E-state index contributed by atoms with van der Waals surface area (Å²) in [5.74, 6) is 0.142. The minimum absolute atomic E-state index is 0.0654. The third-order valence-electron chi connectivity index (χ3n) is 10.1. The summed E-state index contributed by atoms with van der Waals surface area (Å²) in [6.07, 6.45) is 7.84. The molecule has 182 valence electrons. The number of esters is 1. The molecule has 1 aromatic rings. The number of allylic oxidation sites excluding steroid dienone is 1. The zero-order valence-electron chi connectivity index (χ0n) is 20.1. The van der Waals surface area contributed by atoms with Gasteiger partial charge < -0.3 is 4.74 Å². The van der Waals surface area contributed by atoms with Crippen LogP contribution in [0.15, 0.2) is 35.9 Å². The Hall–Kier alpha value is -1.21. The van der Waals surface area contributed by atoms with Gasteiger partial charge in [-0.05, 0) is 111 Å². The number of hydrogen-bond acceptors (Lipinski definition) is 4. The molecule has 34 heavy (non-hydrogen) atoms. The van der Waals surface area contributed by atoms with Gasteiger partial charge in [0.25, 0.3) is 0 Å².